The molecule has 0 amide bonds. The molecule has 5 heterocycles. The SMILES string of the molecule is N#Cc1ccc(COc2ncccc2C2CCN(Cc3nc4ccc(C(=O)[O-])nc4n3C[C@@H]3CCO3)CC2)c(F)c1. The van der Waals surface area contributed by atoms with Crippen molar-refractivity contribution >= 4 is 17.1 Å². The number of aromatic carboxylic acids is 1. The molecule has 0 saturated carbocycles. The van der Waals surface area contributed by atoms with Crippen LogP contribution in [0.15, 0.2) is 48.7 Å². The second-order valence-corrected chi connectivity index (χ2v) is 10.4. The van der Waals surface area contributed by atoms with Crippen LogP contribution in [0.5, 0.6) is 5.88 Å². The van der Waals surface area contributed by atoms with E-state index in [1.165, 1.54) is 12.1 Å². The molecule has 2 saturated heterocycles. The Morgan fingerprint density at radius 1 is 1.17 bits per heavy atom. The van der Waals surface area contributed by atoms with Crippen LogP contribution in [0.3, 0.4) is 0 Å². The number of imidazole rings is 1. The van der Waals surface area contributed by atoms with Gasteiger partial charge in [-0.25, -0.2) is 19.3 Å². The Balaban J connectivity index is 1.14. The average molecular weight is 556 g/mol. The first kappa shape index (κ1) is 26.8. The lowest BCUT2D eigenvalue weighted by molar-refractivity contribution is -0.255. The predicted octanol–water partition coefficient (Wildman–Crippen LogP) is 2.95. The molecule has 0 aliphatic carbocycles. The van der Waals surface area contributed by atoms with Gasteiger partial charge in [0.2, 0.25) is 5.88 Å². The number of rotatable bonds is 9. The standard InChI is InChI=1S/C30H29FN6O4/c31-24-14-19(15-32)3-4-21(24)18-41-29-23(2-1-10-33-29)20-7-11-36(12-8-20)17-27-34-25-5-6-26(30(38)39)35-28(25)37(27)16-22-9-13-40-22/h1-6,10,14,20,22H,7-9,11-13,16-18H2,(H,38,39)/p-1/t22-/m0/s1. The summed E-state index contributed by atoms with van der Waals surface area (Å²) in [6, 6.07) is 13.3. The molecule has 3 aromatic heterocycles. The number of hydrogen-bond donors (Lipinski definition) is 0. The van der Waals surface area contributed by atoms with Crippen LogP contribution >= 0.6 is 0 Å². The van der Waals surface area contributed by atoms with E-state index in [9.17, 15) is 14.3 Å². The number of carboxylic acids is 1. The van der Waals surface area contributed by atoms with Crippen LogP contribution in [0, 0.1) is 17.1 Å². The topological polar surface area (TPSA) is 129 Å². The number of likely N-dealkylation sites (tertiary alicyclic amines) is 1. The number of hydrogen-bond acceptors (Lipinski definition) is 9. The second-order valence-electron chi connectivity index (χ2n) is 10.4. The average Bonchev–Trinajstić information content (AvgIpc) is 3.30. The minimum absolute atomic E-state index is 0.0228. The summed E-state index contributed by atoms with van der Waals surface area (Å²) in [6.07, 6.45) is 4.43. The molecule has 11 heteroatoms. The third kappa shape index (κ3) is 5.75. The number of pyridine rings is 2. The number of halogens is 1. The van der Waals surface area contributed by atoms with Crippen LogP contribution in [0.1, 0.15) is 58.2 Å². The molecule has 1 atom stereocenters. The van der Waals surface area contributed by atoms with Crippen molar-refractivity contribution in [3.05, 3.63) is 82.7 Å². The quantitative estimate of drug-likeness (QED) is 0.306. The maximum absolute atomic E-state index is 14.4. The molecule has 10 nitrogen and oxygen atoms in total. The molecule has 6 rings (SSSR count). The van der Waals surface area contributed by atoms with Crippen LogP contribution in [-0.4, -0.2) is 56.2 Å². The van der Waals surface area contributed by atoms with Crippen LogP contribution in [0.2, 0.25) is 0 Å². The van der Waals surface area contributed by atoms with Gasteiger partial charge >= 0.3 is 0 Å². The summed E-state index contributed by atoms with van der Waals surface area (Å²) in [7, 11) is 0. The molecule has 2 aliphatic rings. The van der Waals surface area contributed by atoms with Crippen molar-refractivity contribution in [1.82, 2.24) is 24.4 Å². The van der Waals surface area contributed by atoms with Gasteiger partial charge in [0.15, 0.2) is 5.65 Å². The smallest absolute Gasteiger partial charge is 0.217 e. The highest BCUT2D eigenvalue weighted by atomic mass is 19.1. The summed E-state index contributed by atoms with van der Waals surface area (Å²) in [5.74, 6) is -0.242. The Hall–Kier alpha value is -4.40. The summed E-state index contributed by atoms with van der Waals surface area (Å²) >= 11 is 0. The molecule has 2 fully saturated rings. The van der Waals surface area contributed by atoms with Gasteiger partial charge < -0.3 is 23.9 Å². The van der Waals surface area contributed by atoms with Crippen LogP contribution in [-0.2, 0) is 24.4 Å². The molecule has 0 bridgehead atoms. The highest BCUT2D eigenvalue weighted by Gasteiger charge is 2.27. The summed E-state index contributed by atoms with van der Waals surface area (Å²) in [4.78, 5) is 27.3. The van der Waals surface area contributed by atoms with Crippen molar-refractivity contribution < 1.29 is 23.8 Å². The van der Waals surface area contributed by atoms with Gasteiger partial charge in [0.1, 0.15) is 23.8 Å². The summed E-state index contributed by atoms with van der Waals surface area (Å²) in [6.45, 7) is 3.57. The maximum Gasteiger partial charge on any atom is 0.217 e. The van der Waals surface area contributed by atoms with Crippen molar-refractivity contribution in [3.63, 3.8) is 0 Å². The normalized spacial score (nSPS) is 17.7. The third-order valence-corrected chi connectivity index (χ3v) is 7.80. The van der Waals surface area contributed by atoms with Crippen LogP contribution < -0.4 is 9.84 Å². The van der Waals surface area contributed by atoms with Crippen LogP contribution in [0.25, 0.3) is 11.2 Å². The summed E-state index contributed by atoms with van der Waals surface area (Å²) in [5, 5.41) is 20.4. The number of fused-ring (bicyclic) bond motifs is 1. The molecule has 4 aromatic rings. The number of ether oxygens (including phenoxy) is 2. The van der Waals surface area contributed by atoms with E-state index in [0.29, 0.717) is 35.7 Å². The highest BCUT2D eigenvalue weighted by molar-refractivity contribution is 5.86. The minimum atomic E-state index is -1.32. The lowest BCUT2D eigenvalue weighted by atomic mass is 9.90. The third-order valence-electron chi connectivity index (χ3n) is 7.80. The lowest BCUT2D eigenvalue weighted by Gasteiger charge is -2.33. The van der Waals surface area contributed by atoms with E-state index < -0.39 is 11.8 Å². The van der Waals surface area contributed by atoms with E-state index in [2.05, 4.69) is 14.9 Å². The molecule has 210 valence electrons. The van der Waals surface area contributed by atoms with Gasteiger partial charge in [0.25, 0.3) is 0 Å². The Kier molecular flexibility index (Phi) is 7.59. The first-order valence-corrected chi connectivity index (χ1v) is 13.7. The van der Waals surface area contributed by atoms with Crippen molar-refractivity contribution in [2.24, 2.45) is 0 Å². The van der Waals surface area contributed by atoms with Crippen molar-refractivity contribution in [2.45, 2.75) is 51.0 Å². The fourth-order valence-electron chi connectivity index (χ4n) is 5.42. The molecule has 0 N–H and O–H groups in total. The fourth-order valence-corrected chi connectivity index (χ4v) is 5.42. The van der Waals surface area contributed by atoms with Gasteiger partial charge in [-0.15, -0.1) is 0 Å². The number of aromatic nitrogens is 4. The predicted molar refractivity (Wildman–Crippen MR) is 143 cm³/mol. The number of nitriles is 1. The van der Waals surface area contributed by atoms with Gasteiger partial charge in [0.05, 0.1) is 42.5 Å². The molecule has 41 heavy (non-hydrogen) atoms. The maximum atomic E-state index is 14.4. The van der Waals surface area contributed by atoms with E-state index in [4.69, 9.17) is 19.7 Å². The monoisotopic (exact) mass is 555 g/mol. The number of piperidine rings is 1. The zero-order chi connectivity index (χ0) is 28.3. The molecular formula is C30H28FN6O4-. The number of carbonyl (C=O) groups excluding carboxylic acids is 1. The lowest BCUT2D eigenvalue weighted by Crippen LogP contribution is -2.35. The molecule has 1 aromatic carbocycles. The Morgan fingerprint density at radius 2 is 2.00 bits per heavy atom. The van der Waals surface area contributed by atoms with Gasteiger partial charge in [-0.05, 0) is 68.6 Å². The van der Waals surface area contributed by atoms with Gasteiger partial charge in [-0.1, -0.05) is 12.1 Å². The number of carbonyl (C=O) groups is 1. The van der Waals surface area contributed by atoms with Gasteiger partial charge in [0, 0.05) is 23.9 Å². The zero-order valence-corrected chi connectivity index (χ0v) is 22.3. The second kappa shape index (κ2) is 11.6. The number of benzene rings is 1. The largest absolute Gasteiger partial charge is 0.543 e. The minimum Gasteiger partial charge on any atom is -0.543 e. The van der Waals surface area contributed by atoms with E-state index in [1.807, 2.05) is 22.8 Å². The van der Waals surface area contributed by atoms with E-state index in [0.717, 1.165) is 50.3 Å². The molecule has 0 radical (unpaired) electrons. The first-order valence-electron chi connectivity index (χ1n) is 13.7. The fraction of sp³-hybridized carbons (Fsp3) is 0.367. The molecular weight excluding hydrogens is 527 g/mol. The molecule has 2 aliphatic heterocycles. The summed E-state index contributed by atoms with van der Waals surface area (Å²) < 4.78 is 27.9. The first-order chi connectivity index (χ1) is 20.0. The van der Waals surface area contributed by atoms with E-state index >= 15 is 0 Å². The summed E-state index contributed by atoms with van der Waals surface area (Å²) in [5.41, 5.74) is 2.69. The number of nitrogens with zero attached hydrogens (tertiary/aromatic N) is 6. The van der Waals surface area contributed by atoms with E-state index in [-0.39, 0.29) is 29.9 Å². The van der Waals surface area contributed by atoms with Gasteiger partial charge in [-0.2, -0.15) is 5.26 Å². The van der Waals surface area contributed by atoms with Crippen LogP contribution in [0.4, 0.5) is 4.39 Å². The van der Waals surface area contributed by atoms with E-state index in [1.54, 1.807) is 24.4 Å². The van der Waals surface area contributed by atoms with Gasteiger partial charge in [-0.3, -0.25) is 4.90 Å². The Labute approximate surface area is 236 Å². The number of carboxylic acid groups (broad SMARTS) is 1. The zero-order valence-electron chi connectivity index (χ0n) is 22.3. The highest BCUT2D eigenvalue weighted by Crippen LogP contribution is 2.34. The molecule has 0 spiro atoms. The van der Waals surface area contributed by atoms with Crippen molar-refractivity contribution in [2.75, 3.05) is 19.7 Å². The molecule has 0 unspecified atom stereocenters. The van der Waals surface area contributed by atoms with Crippen molar-refractivity contribution in [1.29, 1.82) is 5.26 Å². The Morgan fingerprint density at radius 3 is 2.71 bits per heavy atom. The Bertz CT molecular complexity index is 1620. The van der Waals surface area contributed by atoms with Crippen molar-refractivity contribution in [3.8, 4) is 11.9 Å².